The normalized spacial score (nSPS) is 15.2. The first-order valence-electron chi connectivity index (χ1n) is 3.74. The van der Waals surface area contributed by atoms with E-state index in [0.29, 0.717) is 6.54 Å². The Morgan fingerprint density at radius 2 is 2.18 bits per heavy atom. The van der Waals surface area contributed by atoms with Crippen LogP contribution in [0.3, 0.4) is 0 Å². The molecule has 0 unspecified atom stereocenters. The van der Waals surface area contributed by atoms with Gasteiger partial charge in [0, 0.05) is 18.9 Å². The van der Waals surface area contributed by atoms with Crippen molar-refractivity contribution in [2.45, 2.75) is 13.3 Å². The van der Waals surface area contributed by atoms with E-state index < -0.39 is 0 Å². The third kappa shape index (κ3) is 2.11. The molecule has 0 saturated carbocycles. The van der Waals surface area contributed by atoms with Crippen molar-refractivity contribution in [3.05, 3.63) is 24.6 Å². The summed E-state index contributed by atoms with van der Waals surface area (Å²) in [7, 11) is 0. The number of nitrogens with zero attached hydrogens (tertiary/aromatic N) is 1. The van der Waals surface area contributed by atoms with E-state index in [9.17, 15) is 4.79 Å². The molecule has 0 aliphatic carbocycles. The smallest absolute Gasteiger partial charge is 0.325 e. The lowest BCUT2D eigenvalue weighted by Crippen LogP contribution is -2.33. The first-order valence-corrected chi connectivity index (χ1v) is 3.74. The number of urea groups is 1. The number of nitrogens with one attached hydrogen (secondary N) is 1. The van der Waals surface area contributed by atoms with E-state index in [1.807, 2.05) is 19.1 Å². The van der Waals surface area contributed by atoms with Crippen LogP contribution in [0.5, 0.6) is 0 Å². The minimum absolute atomic E-state index is 0.0697. The number of amides is 2. The summed E-state index contributed by atoms with van der Waals surface area (Å²) < 4.78 is 0. The Morgan fingerprint density at radius 1 is 1.55 bits per heavy atom. The number of carbonyl (C=O) groups is 1. The van der Waals surface area contributed by atoms with Crippen LogP contribution in [0, 0.1) is 0 Å². The third-order valence-electron chi connectivity index (χ3n) is 1.37. The van der Waals surface area contributed by atoms with Gasteiger partial charge in [-0.25, -0.2) is 4.79 Å². The average Bonchev–Trinajstić information content (AvgIpc) is 2.07. The molecule has 0 aromatic heterocycles. The Balaban J connectivity index is 2.45. The first kappa shape index (κ1) is 7.85. The van der Waals surface area contributed by atoms with Gasteiger partial charge in [-0.3, -0.25) is 4.90 Å². The standard InChI is InChI=1S/C8H12N2O/c1-2-9-8(11)10-6-4-3-5-7-10/h4-7H,2-3H2,1H3,(H,9,11). The fourth-order valence-electron chi connectivity index (χ4n) is 0.855. The molecule has 0 bridgehead atoms. The summed E-state index contributed by atoms with van der Waals surface area (Å²) in [5.41, 5.74) is 0. The van der Waals surface area contributed by atoms with Gasteiger partial charge >= 0.3 is 6.03 Å². The van der Waals surface area contributed by atoms with Crippen LogP contribution < -0.4 is 5.32 Å². The van der Waals surface area contributed by atoms with E-state index in [0.717, 1.165) is 6.42 Å². The highest BCUT2D eigenvalue weighted by molar-refractivity contribution is 5.76. The van der Waals surface area contributed by atoms with E-state index in [1.165, 1.54) is 4.90 Å². The molecular weight excluding hydrogens is 140 g/mol. The van der Waals surface area contributed by atoms with Crippen molar-refractivity contribution in [2.75, 3.05) is 6.54 Å². The van der Waals surface area contributed by atoms with Crippen LogP contribution in [-0.4, -0.2) is 17.5 Å². The Morgan fingerprint density at radius 3 is 2.73 bits per heavy atom. The second-order valence-corrected chi connectivity index (χ2v) is 2.25. The maximum absolute atomic E-state index is 11.1. The van der Waals surface area contributed by atoms with Gasteiger partial charge in [0.1, 0.15) is 0 Å². The second kappa shape index (κ2) is 3.81. The van der Waals surface area contributed by atoms with Crippen LogP contribution in [0.1, 0.15) is 13.3 Å². The highest BCUT2D eigenvalue weighted by Crippen LogP contribution is 2.01. The number of allylic oxidation sites excluding steroid dienone is 2. The summed E-state index contributed by atoms with van der Waals surface area (Å²) in [5.74, 6) is 0. The van der Waals surface area contributed by atoms with E-state index in [1.54, 1.807) is 12.4 Å². The molecule has 1 N–H and O–H groups in total. The van der Waals surface area contributed by atoms with Gasteiger partial charge < -0.3 is 5.32 Å². The van der Waals surface area contributed by atoms with Crippen molar-refractivity contribution in [1.29, 1.82) is 0 Å². The van der Waals surface area contributed by atoms with Gasteiger partial charge in [-0.15, -0.1) is 0 Å². The largest absolute Gasteiger partial charge is 0.338 e. The highest BCUT2D eigenvalue weighted by atomic mass is 16.2. The van der Waals surface area contributed by atoms with Crippen molar-refractivity contribution in [2.24, 2.45) is 0 Å². The summed E-state index contributed by atoms with van der Waals surface area (Å²) in [6.45, 7) is 2.56. The van der Waals surface area contributed by atoms with E-state index in [4.69, 9.17) is 0 Å². The van der Waals surface area contributed by atoms with Gasteiger partial charge in [-0.05, 0) is 13.3 Å². The van der Waals surface area contributed by atoms with Crippen LogP contribution >= 0.6 is 0 Å². The van der Waals surface area contributed by atoms with Gasteiger partial charge in [0.05, 0.1) is 0 Å². The zero-order valence-electron chi connectivity index (χ0n) is 6.58. The zero-order chi connectivity index (χ0) is 8.10. The van der Waals surface area contributed by atoms with E-state index in [-0.39, 0.29) is 6.03 Å². The fraction of sp³-hybridized carbons (Fsp3) is 0.375. The van der Waals surface area contributed by atoms with Crippen molar-refractivity contribution < 1.29 is 4.79 Å². The molecule has 0 aromatic carbocycles. The number of carbonyl (C=O) groups excluding carboxylic acids is 1. The minimum Gasteiger partial charge on any atom is -0.338 e. The lowest BCUT2D eigenvalue weighted by Gasteiger charge is -2.15. The summed E-state index contributed by atoms with van der Waals surface area (Å²) in [4.78, 5) is 12.6. The van der Waals surface area contributed by atoms with Crippen LogP contribution in [0.15, 0.2) is 24.6 Å². The Labute approximate surface area is 66.4 Å². The maximum atomic E-state index is 11.1. The van der Waals surface area contributed by atoms with Crippen LogP contribution in [0.4, 0.5) is 4.79 Å². The minimum atomic E-state index is -0.0697. The van der Waals surface area contributed by atoms with Gasteiger partial charge in [-0.2, -0.15) is 0 Å². The van der Waals surface area contributed by atoms with Crippen molar-refractivity contribution in [3.63, 3.8) is 0 Å². The molecule has 1 aliphatic heterocycles. The molecule has 60 valence electrons. The molecule has 1 heterocycles. The fourth-order valence-corrected chi connectivity index (χ4v) is 0.855. The quantitative estimate of drug-likeness (QED) is 0.606. The predicted octanol–water partition coefficient (Wildman–Crippen LogP) is 1.45. The number of hydrogen-bond donors (Lipinski definition) is 1. The van der Waals surface area contributed by atoms with E-state index >= 15 is 0 Å². The molecule has 0 aromatic rings. The summed E-state index contributed by atoms with van der Waals surface area (Å²) in [6.07, 6.45) is 8.33. The van der Waals surface area contributed by atoms with Crippen LogP contribution in [-0.2, 0) is 0 Å². The van der Waals surface area contributed by atoms with Gasteiger partial charge in [0.2, 0.25) is 0 Å². The Hall–Kier alpha value is -1.25. The monoisotopic (exact) mass is 152 g/mol. The molecule has 0 radical (unpaired) electrons. The van der Waals surface area contributed by atoms with Crippen molar-refractivity contribution >= 4 is 6.03 Å². The molecule has 0 spiro atoms. The SMILES string of the molecule is CCNC(=O)N1C=CCC=C1. The molecule has 3 heteroatoms. The van der Waals surface area contributed by atoms with Gasteiger partial charge in [-0.1, -0.05) is 12.2 Å². The van der Waals surface area contributed by atoms with Gasteiger partial charge in [0.25, 0.3) is 0 Å². The average molecular weight is 152 g/mol. The molecule has 1 aliphatic rings. The lowest BCUT2D eigenvalue weighted by atomic mass is 10.3. The molecule has 0 saturated heterocycles. The topological polar surface area (TPSA) is 32.3 Å². The predicted molar refractivity (Wildman–Crippen MR) is 43.8 cm³/mol. The third-order valence-corrected chi connectivity index (χ3v) is 1.37. The Kier molecular flexibility index (Phi) is 2.72. The van der Waals surface area contributed by atoms with Crippen molar-refractivity contribution in [3.8, 4) is 0 Å². The van der Waals surface area contributed by atoms with E-state index in [2.05, 4.69) is 5.32 Å². The maximum Gasteiger partial charge on any atom is 0.325 e. The molecule has 1 rings (SSSR count). The summed E-state index contributed by atoms with van der Waals surface area (Å²) >= 11 is 0. The van der Waals surface area contributed by atoms with Crippen LogP contribution in [0.25, 0.3) is 0 Å². The molecule has 3 nitrogen and oxygen atoms in total. The molecular formula is C8H12N2O. The summed E-state index contributed by atoms with van der Waals surface area (Å²) in [5, 5.41) is 2.70. The van der Waals surface area contributed by atoms with Crippen LogP contribution in [0.2, 0.25) is 0 Å². The molecule has 0 fully saturated rings. The first-order chi connectivity index (χ1) is 5.34. The molecule has 2 amide bonds. The second-order valence-electron chi connectivity index (χ2n) is 2.25. The summed E-state index contributed by atoms with van der Waals surface area (Å²) in [6, 6.07) is -0.0697. The molecule has 11 heavy (non-hydrogen) atoms. The zero-order valence-corrected chi connectivity index (χ0v) is 6.58. The van der Waals surface area contributed by atoms with Gasteiger partial charge in [0.15, 0.2) is 0 Å². The number of hydrogen-bond acceptors (Lipinski definition) is 1. The molecule has 0 atom stereocenters. The number of rotatable bonds is 1. The van der Waals surface area contributed by atoms with Crippen molar-refractivity contribution in [1.82, 2.24) is 10.2 Å². The highest BCUT2D eigenvalue weighted by Gasteiger charge is 2.05. The lowest BCUT2D eigenvalue weighted by molar-refractivity contribution is 0.226. The Bertz CT molecular complexity index is 184.